The molecule has 0 saturated heterocycles. The summed E-state index contributed by atoms with van der Waals surface area (Å²) in [5.41, 5.74) is 11.5. The fourth-order valence-electron chi connectivity index (χ4n) is 9.29. The number of benzene rings is 6. The summed E-state index contributed by atoms with van der Waals surface area (Å²) in [5.74, 6) is 5.62. The van der Waals surface area contributed by atoms with E-state index in [0.717, 1.165) is 60.4 Å². The van der Waals surface area contributed by atoms with Crippen molar-refractivity contribution in [2.24, 2.45) is 5.84 Å². The monoisotopic (exact) mass is 1340 g/mol. The minimum atomic E-state index is -0.964. The third-order valence-electron chi connectivity index (χ3n) is 14.3. The number of rotatable bonds is 12. The Kier molecular flexibility index (Phi) is 22.2. The van der Waals surface area contributed by atoms with Gasteiger partial charge < -0.3 is 34.4 Å². The molecule has 0 saturated carbocycles. The number of aromatic nitrogens is 10. The Bertz CT molecular complexity index is 5060. The lowest BCUT2D eigenvalue weighted by atomic mass is 10.1. The van der Waals surface area contributed by atoms with Gasteiger partial charge in [0, 0.05) is 123 Å². The highest BCUT2D eigenvalue weighted by atomic mass is 35.5. The summed E-state index contributed by atoms with van der Waals surface area (Å²) in [5, 5.41) is 44.4. The van der Waals surface area contributed by atoms with Crippen molar-refractivity contribution >= 4 is 102 Å². The molecular formula is C70H53Cl3N14O9. The van der Waals surface area contributed by atoms with E-state index in [9.17, 15) is 24.3 Å². The minimum absolute atomic E-state index is 0.131. The zero-order valence-corrected chi connectivity index (χ0v) is 52.9. The molecule has 0 aliphatic carbocycles. The number of amides is 3. The van der Waals surface area contributed by atoms with E-state index in [-0.39, 0.29) is 29.0 Å². The number of fused-ring (bicyclic) bond motifs is 4. The molecule has 0 bridgehead atoms. The summed E-state index contributed by atoms with van der Waals surface area (Å²) in [6.45, 7) is 4.45. The molecule has 0 spiro atoms. The van der Waals surface area contributed by atoms with E-state index in [1.165, 1.54) is 24.9 Å². The van der Waals surface area contributed by atoms with E-state index in [4.69, 9.17) is 59.3 Å². The first-order chi connectivity index (χ1) is 46.6. The summed E-state index contributed by atoms with van der Waals surface area (Å²) in [4.78, 5) is 71.4. The summed E-state index contributed by atoms with van der Waals surface area (Å²) >= 11 is 17.9. The number of carbonyl (C=O) groups excluding carboxylic acids is 3. The molecule has 14 aromatic rings. The molecule has 6 aromatic carbocycles. The minimum Gasteiger partial charge on any atom is -0.508 e. The van der Waals surface area contributed by atoms with Gasteiger partial charge in [-0.05, 0) is 152 Å². The van der Waals surface area contributed by atoms with Crippen LogP contribution in [-0.4, -0.2) is 84.2 Å². The number of phenolic OH excluding ortho intramolecular Hbond substituents is 1. The Balaban J connectivity index is 0.000000137. The lowest BCUT2D eigenvalue weighted by Gasteiger charge is -2.14. The molecule has 0 aliphatic heterocycles. The van der Waals surface area contributed by atoms with E-state index >= 15 is 0 Å². The number of nitrogens with zero attached hydrogens (tertiary/aromatic N) is 10. The second-order valence-electron chi connectivity index (χ2n) is 20.4. The Hall–Kier alpha value is -12.2. The Morgan fingerprint density at radius 2 is 0.917 bits per heavy atom. The predicted molar refractivity (Wildman–Crippen MR) is 362 cm³/mol. The zero-order chi connectivity index (χ0) is 67.5. The highest BCUT2D eigenvalue weighted by Crippen LogP contribution is 2.34. The molecule has 8 aromatic heterocycles. The van der Waals surface area contributed by atoms with Gasteiger partial charge in [0.2, 0.25) is 24.6 Å². The average Bonchev–Trinajstić information content (AvgIpc) is 1.04. The van der Waals surface area contributed by atoms with Gasteiger partial charge in [0.1, 0.15) is 17.2 Å². The van der Waals surface area contributed by atoms with Gasteiger partial charge in [0.15, 0.2) is 0 Å². The van der Waals surface area contributed by atoms with Crippen LogP contribution in [0.5, 0.6) is 17.2 Å². The van der Waals surface area contributed by atoms with Crippen LogP contribution in [0.4, 0.5) is 0 Å². The molecule has 14 rings (SSSR count). The van der Waals surface area contributed by atoms with Crippen LogP contribution in [0.3, 0.4) is 0 Å². The first-order valence-corrected chi connectivity index (χ1v) is 29.9. The van der Waals surface area contributed by atoms with E-state index in [2.05, 4.69) is 66.4 Å². The fraction of sp³-hybridized carbons (Fsp3) is 0.0571. The van der Waals surface area contributed by atoms with Crippen LogP contribution in [0.15, 0.2) is 229 Å². The van der Waals surface area contributed by atoms with Gasteiger partial charge in [-0.1, -0.05) is 65.1 Å². The number of halogens is 3. The largest absolute Gasteiger partial charge is 0.508 e. The van der Waals surface area contributed by atoms with Crippen molar-refractivity contribution in [3.8, 4) is 40.2 Å². The van der Waals surface area contributed by atoms with Gasteiger partial charge in [0.05, 0.1) is 42.7 Å². The number of carboxylic acids is 1. The molecule has 8 heterocycles. The lowest BCUT2D eigenvalue weighted by molar-refractivity contribution is 0.0696. The number of nitrogen functional groups attached to an aromatic ring is 1. The molecular weight excluding hydrogens is 1290 g/mol. The summed E-state index contributed by atoms with van der Waals surface area (Å²) in [7, 11) is 0. The zero-order valence-electron chi connectivity index (χ0n) is 50.6. The maximum atomic E-state index is 12.8. The molecule has 26 heteroatoms. The van der Waals surface area contributed by atoms with Crippen LogP contribution >= 0.6 is 34.8 Å². The number of aromatic carboxylic acids is 1. The van der Waals surface area contributed by atoms with E-state index < -0.39 is 5.97 Å². The van der Waals surface area contributed by atoms with E-state index in [0.29, 0.717) is 84.7 Å². The third kappa shape index (κ3) is 16.9. The number of nitrogens with two attached hydrogens (primary N) is 1. The molecule has 0 fully saturated rings. The van der Waals surface area contributed by atoms with Gasteiger partial charge in [-0.2, -0.15) is 0 Å². The molecule has 0 radical (unpaired) electrons. The Morgan fingerprint density at radius 1 is 0.479 bits per heavy atom. The molecule has 0 atom stereocenters. The third-order valence-corrected chi connectivity index (χ3v) is 15.3. The van der Waals surface area contributed by atoms with Crippen molar-refractivity contribution in [1.29, 1.82) is 0 Å². The number of hydrogen-bond acceptors (Lipinski definition) is 19. The Morgan fingerprint density at radius 3 is 1.41 bits per heavy atom. The van der Waals surface area contributed by atoms with Crippen LogP contribution in [0.25, 0.3) is 66.5 Å². The van der Waals surface area contributed by atoms with Gasteiger partial charge in [-0.25, -0.2) is 10.6 Å². The number of carbonyl (C=O) groups is 4. The SMILES string of the molecule is Cc1c(O)cccc1C(=O)NCc1ccncc1.Cc1c(Oc2ccnc3cc(-c4nnco4)ccc23)cccc1C(=O)NCc1ccncc1.Clc1ccnc2cc(-c3nnco3)ccc12.NNC(=O)c1ccc2c(Cl)ccnc2c1.O=C(O)c1ccc2c(Cl)ccnc2c1. The van der Waals surface area contributed by atoms with Gasteiger partial charge >= 0.3 is 5.97 Å². The quantitative estimate of drug-likeness (QED) is 0.0376. The number of pyridine rings is 6. The smallest absolute Gasteiger partial charge is 0.335 e. The van der Waals surface area contributed by atoms with Crippen LogP contribution in [0.1, 0.15) is 63.7 Å². The second-order valence-corrected chi connectivity index (χ2v) is 21.7. The number of hydrazine groups is 1. The molecule has 96 heavy (non-hydrogen) atoms. The molecule has 0 unspecified atom stereocenters. The summed E-state index contributed by atoms with van der Waals surface area (Å²) in [6, 6.07) is 45.7. The van der Waals surface area contributed by atoms with Crippen molar-refractivity contribution in [2.45, 2.75) is 26.9 Å². The fourth-order valence-corrected chi connectivity index (χ4v) is 9.94. The first-order valence-electron chi connectivity index (χ1n) is 28.8. The van der Waals surface area contributed by atoms with Crippen molar-refractivity contribution in [3.05, 3.63) is 280 Å². The van der Waals surface area contributed by atoms with Gasteiger partial charge in [-0.3, -0.25) is 49.7 Å². The standard InChI is InChI=1S/C25H19N5O3.C14H14N2O2.C11H6ClN3O.C10H8ClN3O.C10H6ClNO2/c1-16-19(24(31)28-14-17-7-10-26-11-8-17)3-2-4-22(16)33-23-9-12-27-21-13-18(5-6-20(21)23)25-30-29-15-32-25;1-10-12(3-2-4-13(10)17)14(18)16-9-11-5-7-15-8-6-11;12-9-3-4-13-10-5-7(1-2-8(9)10)11-15-14-6-16-11;11-8-3-4-13-9-5-6(10(15)14-12)1-2-7(8)9;11-8-3-4-12-9-5-6(10(13)14)1-2-7(8)9/h2-13,15H,14H2,1H3,(H,28,31);2-8,17H,9H2,1H3,(H,16,18);1-6H;1-5H,12H2,(H,14,15);1-5H,(H,13,14). The van der Waals surface area contributed by atoms with Crippen LogP contribution in [-0.2, 0) is 13.1 Å². The topological polar surface area (TPSA) is 335 Å². The van der Waals surface area contributed by atoms with Crippen molar-refractivity contribution < 1.29 is 43.0 Å². The van der Waals surface area contributed by atoms with Crippen LogP contribution < -0.4 is 26.6 Å². The van der Waals surface area contributed by atoms with E-state index in [1.54, 1.807) is 135 Å². The molecule has 7 N–H and O–H groups in total. The second kappa shape index (κ2) is 31.9. The molecule has 0 aliphatic rings. The van der Waals surface area contributed by atoms with Crippen molar-refractivity contribution in [3.63, 3.8) is 0 Å². The van der Waals surface area contributed by atoms with Crippen molar-refractivity contribution in [2.75, 3.05) is 0 Å². The highest BCUT2D eigenvalue weighted by molar-refractivity contribution is 6.36. The van der Waals surface area contributed by atoms with Crippen LogP contribution in [0, 0.1) is 13.8 Å². The maximum absolute atomic E-state index is 12.8. The Labute approximate surface area is 561 Å². The number of carboxylic acid groups (broad SMARTS) is 1. The van der Waals surface area contributed by atoms with Crippen LogP contribution in [0.2, 0.25) is 15.1 Å². The highest BCUT2D eigenvalue weighted by Gasteiger charge is 2.17. The number of nitrogens with one attached hydrogen (secondary N) is 3. The normalized spacial score (nSPS) is 10.5. The molecule has 478 valence electrons. The summed E-state index contributed by atoms with van der Waals surface area (Å²) in [6.07, 6.45) is 15.8. The lowest BCUT2D eigenvalue weighted by Crippen LogP contribution is -2.29. The number of hydrogen-bond donors (Lipinski definition) is 6. The number of phenols is 1. The van der Waals surface area contributed by atoms with E-state index in [1.807, 2.05) is 73.7 Å². The summed E-state index contributed by atoms with van der Waals surface area (Å²) < 4.78 is 16.6. The van der Waals surface area contributed by atoms with Gasteiger partial charge in [0.25, 0.3) is 17.7 Å². The maximum Gasteiger partial charge on any atom is 0.335 e. The molecule has 3 amide bonds. The van der Waals surface area contributed by atoms with Crippen molar-refractivity contribution in [1.82, 2.24) is 66.4 Å². The number of ether oxygens (including phenoxy) is 1. The first kappa shape index (κ1) is 66.8. The number of aromatic hydroxyl groups is 1. The predicted octanol–water partition coefficient (Wildman–Crippen LogP) is 13.8. The average molecular weight is 1340 g/mol. The van der Waals surface area contributed by atoms with Gasteiger partial charge in [-0.15, -0.1) is 20.4 Å². The molecule has 23 nitrogen and oxygen atoms in total.